The van der Waals surface area contributed by atoms with Gasteiger partial charge in [-0.1, -0.05) is 62.6 Å². The van der Waals surface area contributed by atoms with Crippen LogP contribution in [0.3, 0.4) is 0 Å². The van der Waals surface area contributed by atoms with E-state index >= 15 is 0 Å². The van der Waals surface area contributed by atoms with E-state index in [4.69, 9.17) is 9.47 Å². The molecule has 0 aliphatic rings. The number of esters is 1. The lowest BCUT2D eigenvalue weighted by Gasteiger charge is -2.11. The molecule has 156 valence electrons. The molecule has 0 unspecified atom stereocenters. The van der Waals surface area contributed by atoms with Crippen molar-refractivity contribution in [3.05, 3.63) is 81.2 Å². The Bertz CT molecular complexity index is 987. The predicted octanol–water partition coefficient (Wildman–Crippen LogP) is 8.06. The first-order chi connectivity index (χ1) is 14.6. The second kappa shape index (κ2) is 11.3. The van der Waals surface area contributed by atoms with Gasteiger partial charge < -0.3 is 9.47 Å². The van der Waals surface area contributed by atoms with E-state index in [1.54, 1.807) is 24.3 Å². The summed E-state index contributed by atoms with van der Waals surface area (Å²) in [4.78, 5) is 12.6. The molecule has 3 aromatic rings. The van der Waals surface area contributed by atoms with E-state index in [1.165, 1.54) is 12.8 Å². The van der Waals surface area contributed by atoms with Crippen molar-refractivity contribution < 1.29 is 14.3 Å². The lowest BCUT2D eigenvalue weighted by atomic mass is 10.1. The number of hydrogen-bond donors (Lipinski definition) is 0. The van der Waals surface area contributed by atoms with Gasteiger partial charge in [-0.2, -0.15) is 0 Å². The maximum Gasteiger partial charge on any atom is 0.343 e. The zero-order chi connectivity index (χ0) is 21.3. The van der Waals surface area contributed by atoms with E-state index in [0.29, 0.717) is 17.9 Å². The quantitative estimate of drug-likeness (QED) is 0.159. The lowest BCUT2D eigenvalue weighted by Crippen LogP contribution is -2.09. The minimum absolute atomic E-state index is 0.418. The lowest BCUT2D eigenvalue weighted by molar-refractivity contribution is 0.0733. The summed E-state index contributed by atoms with van der Waals surface area (Å²) >= 11 is 7.00. The van der Waals surface area contributed by atoms with Crippen LogP contribution in [0.4, 0.5) is 0 Å². The van der Waals surface area contributed by atoms with Crippen molar-refractivity contribution in [1.29, 1.82) is 0 Å². The molecule has 0 aromatic heterocycles. The maximum absolute atomic E-state index is 12.6. The minimum atomic E-state index is -0.418. The van der Waals surface area contributed by atoms with E-state index < -0.39 is 5.97 Å². The maximum atomic E-state index is 12.6. The summed E-state index contributed by atoms with van der Waals surface area (Å²) < 4.78 is 12.9. The summed E-state index contributed by atoms with van der Waals surface area (Å²) in [5.41, 5.74) is 2.61. The number of rotatable bonds is 9. The van der Waals surface area contributed by atoms with E-state index in [1.807, 2.05) is 42.5 Å². The van der Waals surface area contributed by atoms with Crippen LogP contribution < -0.4 is 9.47 Å². The molecule has 3 nitrogen and oxygen atoms in total. The molecule has 0 amide bonds. The zero-order valence-corrected chi connectivity index (χ0v) is 20.0. The molecule has 0 spiro atoms. The first kappa shape index (κ1) is 22.6. The topological polar surface area (TPSA) is 35.5 Å². The predicted molar refractivity (Wildman–Crippen MR) is 128 cm³/mol. The van der Waals surface area contributed by atoms with Gasteiger partial charge in [0.2, 0.25) is 0 Å². The number of halogens is 2. The van der Waals surface area contributed by atoms with Gasteiger partial charge in [0.1, 0.15) is 11.5 Å². The molecule has 0 saturated carbocycles. The molecule has 0 fully saturated rings. The van der Waals surface area contributed by atoms with Crippen LogP contribution in [-0.4, -0.2) is 12.6 Å². The van der Waals surface area contributed by atoms with Crippen molar-refractivity contribution in [2.75, 3.05) is 6.61 Å². The number of ether oxygens (including phenoxy) is 2. The molecule has 3 rings (SSSR count). The Morgan fingerprint density at radius 2 is 1.53 bits per heavy atom. The third kappa shape index (κ3) is 6.19. The molecule has 0 radical (unpaired) electrons. The summed E-state index contributed by atoms with van der Waals surface area (Å²) in [6.45, 7) is 2.86. The average molecular weight is 532 g/mol. The molecule has 3 aromatic carbocycles. The number of hydrogen-bond acceptors (Lipinski definition) is 3. The van der Waals surface area contributed by atoms with E-state index in [-0.39, 0.29) is 0 Å². The fourth-order valence-corrected chi connectivity index (χ4v) is 3.96. The molecule has 5 heteroatoms. The molecule has 0 saturated heterocycles. The van der Waals surface area contributed by atoms with Crippen LogP contribution in [0.25, 0.3) is 11.1 Å². The molecule has 0 atom stereocenters. The number of carbonyl (C=O) groups excluding carboxylic acids is 1. The van der Waals surface area contributed by atoms with Crippen molar-refractivity contribution >= 4 is 37.8 Å². The summed E-state index contributed by atoms with van der Waals surface area (Å²) in [5.74, 6) is 0.793. The van der Waals surface area contributed by atoms with Gasteiger partial charge in [0.05, 0.1) is 21.1 Å². The fourth-order valence-electron chi connectivity index (χ4n) is 3.01. The highest BCUT2D eigenvalue weighted by atomic mass is 79.9. The van der Waals surface area contributed by atoms with Crippen molar-refractivity contribution in [3.8, 4) is 22.6 Å². The molecule has 0 N–H and O–H groups in total. The van der Waals surface area contributed by atoms with Gasteiger partial charge in [-0.15, -0.1) is 0 Å². The molecule has 0 aliphatic heterocycles. The van der Waals surface area contributed by atoms with Crippen LogP contribution in [0.5, 0.6) is 11.5 Å². The Balaban J connectivity index is 1.63. The van der Waals surface area contributed by atoms with Crippen molar-refractivity contribution in [2.24, 2.45) is 0 Å². The highest BCUT2D eigenvalue weighted by Gasteiger charge is 2.14. The standard InChI is InChI=1S/C25H24Br2O3/c1-2-3-4-8-15-29-23-13-12-20(17-21(23)26)25(28)30-24-14-11-19(16-22(24)27)18-9-6-5-7-10-18/h5-7,9-14,16-17H,2-4,8,15H2,1H3. The molecule has 0 heterocycles. The molecular formula is C25H24Br2O3. The van der Waals surface area contributed by atoms with Gasteiger partial charge in [-0.25, -0.2) is 4.79 Å². The number of benzene rings is 3. The van der Waals surface area contributed by atoms with E-state index in [9.17, 15) is 4.79 Å². The molecule has 0 aliphatic carbocycles. The second-order valence-corrected chi connectivity index (χ2v) is 8.66. The third-order valence-electron chi connectivity index (χ3n) is 4.66. The van der Waals surface area contributed by atoms with Crippen molar-refractivity contribution in [1.82, 2.24) is 0 Å². The Morgan fingerprint density at radius 1 is 0.800 bits per heavy atom. The number of unbranched alkanes of at least 4 members (excludes halogenated alkanes) is 3. The number of carbonyl (C=O) groups is 1. The van der Waals surface area contributed by atoms with Gasteiger partial charge in [0.15, 0.2) is 0 Å². The second-order valence-electron chi connectivity index (χ2n) is 6.96. The van der Waals surface area contributed by atoms with Gasteiger partial charge in [-0.05, 0) is 79.7 Å². The van der Waals surface area contributed by atoms with Crippen LogP contribution in [-0.2, 0) is 0 Å². The summed E-state index contributed by atoms with van der Waals surface area (Å²) in [5, 5.41) is 0. The average Bonchev–Trinajstić information content (AvgIpc) is 2.76. The fraction of sp³-hybridized carbons (Fsp3) is 0.240. The Morgan fingerprint density at radius 3 is 2.23 bits per heavy atom. The van der Waals surface area contributed by atoms with E-state index in [2.05, 4.69) is 38.8 Å². The Labute approximate surface area is 194 Å². The van der Waals surface area contributed by atoms with Crippen molar-refractivity contribution in [3.63, 3.8) is 0 Å². The Hall–Kier alpha value is -2.11. The normalized spacial score (nSPS) is 10.6. The van der Waals surface area contributed by atoms with Crippen molar-refractivity contribution in [2.45, 2.75) is 32.6 Å². The van der Waals surface area contributed by atoms with Gasteiger partial charge in [-0.3, -0.25) is 0 Å². The highest BCUT2D eigenvalue weighted by Crippen LogP contribution is 2.32. The minimum Gasteiger partial charge on any atom is -0.492 e. The smallest absolute Gasteiger partial charge is 0.343 e. The van der Waals surface area contributed by atoms with Crippen LogP contribution >= 0.6 is 31.9 Å². The van der Waals surface area contributed by atoms with Crippen LogP contribution in [0, 0.1) is 0 Å². The summed E-state index contributed by atoms with van der Waals surface area (Å²) in [7, 11) is 0. The van der Waals surface area contributed by atoms with Crippen LogP contribution in [0.1, 0.15) is 43.0 Å². The van der Waals surface area contributed by atoms with Gasteiger partial charge in [0, 0.05) is 0 Å². The monoisotopic (exact) mass is 530 g/mol. The van der Waals surface area contributed by atoms with E-state index in [0.717, 1.165) is 38.7 Å². The molecule has 30 heavy (non-hydrogen) atoms. The Kier molecular flexibility index (Phi) is 8.52. The zero-order valence-electron chi connectivity index (χ0n) is 16.9. The third-order valence-corrected chi connectivity index (χ3v) is 5.90. The highest BCUT2D eigenvalue weighted by molar-refractivity contribution is 9.10. The van der Waals surface area contributed by atoms with Crippen LogP contribution in [0.2, 0.25) is 0 Å². The largest absolute Gasteiger partial charge is 0.492 e. The first-order valence-electron chi connectivity index (χ1n) is 10.1. The molecular weight excluding hydrogens is 508 g/mol. The van der Waals surface area contributed by atoms with Gasteiger partial charge in [0.25, 0.3) is 0 Å². The molecule has 0 bridgehead atoms. The van der Waals surface area contributed by atoms with Crippen LogP contribution in [0.15, 0.2) is 75.7 Å². The summed E-state index contributed by atoms with van der Waals surface area (Å²) in [6.07, 6.45) is 4.61. The SMILES string of the molecule is CCCCCCOc1ccc(C(=O)Oc2ccc(-c3ccccc3)cc2Br)cc1Br. The summed E-state index contributed by atoms with van der Waals surface area (Å²) in [6, 6.07) is 21.0. The van der Waals surface area contributed by atoms with Gasteiger partial charge >= 0.3 is 5.97 Å². The first-order valence-corrected chi connectivity index (χ1v) is 11.7.